The molecule has 24 heavy (non-hydrogen) atoms. The van der Waals surface area contributed by atoms with Crippen molar-refractivity contribution in [1.82, 2.24) is 10.2 Å². The van der Waals surface area contributed by atoms with Gasteiger partial charge in [0.1, 0.15) is 0 Å². The average molecular weight is 333 g/mol. The predicted molar refractivity (Wildman–Crippen MR) is 104 cm³/mol. The first kappa shape index (κ1) is 20.7. The molecule has 0 spiro atoms. The highest BCUT2D eigenvalue weighted by Gasteiger charge is 2.36. The Hall–Kier alpha value is -1.35. The SMILES string of the molecule is C=C/C(=C\C=C/C)CN1CCC(C)(C)CC(C)(C)CC(NC)C1=O. The highest BCUT2D eigenvalue weighted by atomic mass is 16.2. The summed E-state index contributed by atoms with van der Waals surface area (Å²) in [6.45, 7) is 16.5. The smallest absolute Gasteiger partial charge is 0.240 e. The minimum Gasteiger partial charge on any atom is -0.337 e. The number of nitrogens with zero attached hydrogens (tertiary/aromatic N) is 1. The molecule has 3 nitrogen and oxygen atoms in total. The van der Waals surface area contributed by atoms with Crippen molar-refractivity contribution in [3.63, 3.8) is 0 Å². The van der Waals surface area contributed by atoms with Crippen LogP contribution in [-0.2, 0) is 4.79 Å². The Labute approximate surface area is 148 Å². The molecule has 0 aromatic carbocycles. The molecular weight excluding hydrogens is 296 g/mol. The molecule has 1 aliphatic rings. The van der Waals surface area contributed by atoms with E-state index in [4.69, 9.17) is 0 Å². The van der Waals surface area contributed by atoms with Gasteiger partial charge in [0, 0.05) is 13.1 Å². The molecule has 1 atom stereocenters. The van der Waals surface area contributed by atoms with Gasteiger partial charge >= 0.3 is 0 Å². The number of carbonyl (C=O) groups excluding carboxylic acids is 1. The van der Waals surface area contributed by atoms with Crippen LogP contribution < -0.4 is 5.32 Å². The van der Waals surface area contributed by atoms with Gasteiger partial charge in [0.05, 0.1) is 6.04 Å². The van der Waals surface area contributed by atoms with E-state index in [9.17, 15) is 4.79 Å². The van der Waals surface area contributed by atoms with Crippen molar-refractivity contribution in [3.05, 3.63) is 36.5 Å². The van der Waals surface area contributed by atoms with Crippen molar-refractivity contribution in [2.45, 2.75) is 59.9 Å². The van der Waals surface area contributed by atoms with Crippen LogP contribution in [0.2, 0.25) is 0 Å². The van der Waals surface area contributed by atoms with Crippen LogP contribution in [0.3, 0.4) is 0 Å². The maximum Gasteiger partial charge on any atom is 0.240 e. The monoisotopic (exact) mass is 332 g/mol. The third-order valence-corrected chi connectivity index (χ3v) is 4.87. The summed E-state index contributed by atoms with van der Waals surface area (Å²) in [5.41, 5.74) is 1.45. The lowest BCUT2D eigenvalue weighted by Crippen LogP contribution is -2.47. The normalized spacial score (nSPS) is 25.2. The van der Waals surface area contributed by atoms with Crippen LogP contribution in [-0.4, -0.2) is 37.0 Å². The molecule has 3 heteroatoms. The van der Waals surface area contributed by atoms with Gasteiger partial charge in [-0.1, -0.05) is 58.6 Å². The maximum absolute atomic E-state index is 13.1. The van der Waals surface area contributed by atoms with Gasteiger partial charge in [0.2, 0.25) is 5.91 Å². The van der Waals surface area contributed by atoms with Gasteiger partial charge in [0.15, 0.2) is 0 Å². The summed E-state index contributed by atoms with van der Waals surface area (Å²) >= 11 is 0. The Morgan fingerprint density at radius 2 is 2.00 bits per heavy atom. The molecule has 0 saturated carbocycles. The quantitative estimate of drug-likeness (QED) is 0.760. The highest BCUT2D eigenvalue weighted by molar-refractivity contribution is 5.82. The van der Waals surface area contributed by atoms with Crippen molar-refractivity contribution in [1.29, 1.82) is 0 Å². The second kappa shape index (κ2) is 8.66. The number of amides is 1. The maximum atomic E-state index is 13.1. The summed E-state index contributed by atoms with van der Waals surface area (Å²) in [5, 5.41) is 3.25. The molecule has 0 radical (unpaired) electrons. The van der Waals surface area contributed by atoms with E-state index in [1.165, 1.54) is 0 Å². The molecule has 1 unspecified atom stereocenters. The fraction of sp³-hybridized carbons (Fsp3) is 0.667. The lowest BCUT2D eigenvalue weighted by molar-refractivity contribution is -0.133. The van der Waals surface area contributed by atoms with E-state index in [1.54, 1.807) is 0 Å². The first-order valence-electron chi connectivity index (χ1n) is 9.04. The van der Waals surface area contributed by atoms with Crippen LogP contribution in [0.15, 0.2) is 36.5 Å². The van der Waals surface area contributed by atoms with Gasteiger partial charge in [0.25, 0.3) is 0 Å². The summed E-state index contributed by atoms with van der Waals surface area (Å²) in [6.07, 6.45) is 10.9. The third kappa shape index (κ3) is 6.27. The van der Waals surface area contributed by atoms with E-state index in [0.29, 0.717) is 6.54 Å². The second-order valence-corrected chi connectivity index (χ2v) is 8.53. The molecule has 136 valence electrons. The number of rotatable bonds is 5. The summed E-state index contributed by atoms with van der Waals surface area (Å²) in [4.78, 5) is 15.1. The molecule has 0 aromatic rings. The molecule has 1 saturated heterocycles. The number of carbonyl (C=O) groups is 1. The Kier molecular flexibility index (Phi) is 7.47. The number of likely N-dealkylation sites (N-methyl/N-ethyl adjacent to an activating group) is 1. The molecule has 1 amide bonds. The summed E-state index contributed by atoms with van der Waals surface area (Å²) < 4.78 is 0. The Balaban J connectivity index is 3.09. The standard InChI is InChI=1S/C21H36N2O/c1-8-10-11-17(9-2)15-23-13-12-20(3,4)16-21(5,6)14-18(22-7)19(23)24/h8-11,18,22H,2,12-16H2,1,3-7H3/b10-8-,17-11+. The number of nitrogens with one attached hydrogen (secondary N) is 1. The number of hydrogen-bond acceptors (Lipinski definition) is 2. The molecular formula is C21H36N2O. The first-order chi connectivity index (χ1) is 11.1. The molecule has 1 heterocycles. The van der Waals surface area contributed by atoms with E-state index in [2.05, 4.69) is 39.6 Å². The first-order valence-corrected chi connectivity index (χ1v) is 9.04. The van der Waals surface area contributed by atoms with Crippen molar-refractivity contribution in [3.8, 4) is 0 Å². The molecule has 1 fully saturated rings. The minimum absolute atomic E-state index is 0.123. The van der Waals surface area contributed by atoms with E-state index < -0.39 is 0 Å². The van der Waals surface area contributed by atoms with Crippen LogP contribution in [0.25, 0.3) is 0 Å². The Morgan fingerprint density at radius 3 is 2.54 bits per heavy atom. The Bertz CT molecular complexity index is 500. The van der Waals surface area contributed by atoms with Crippen molar-refractivity contribution < 1.29 is 4.79 Å². The summed E-state index contributed by atoms with van der Waals surface area (Å²) in [6, 6.07) is -0.123. The van der Waals surface area contributed by atoms with Crippen LogP contribution in [0, 0.1) is 10.8 Å². The fourth-order valence-electron chi connectivity index (χ4n) is 3.87. The molecule has 1 N–H and O–H groups in total. The highest BCUT2D eigenvalue weighted by Crippen LogP contribution is 2.40. The van der Waals surface area contributed by atoms with Gasteiger partial charge < -0.3 is 10.2 Å². The zero-order valence-electron chi connectivity index (χ0n) is 16.5. The summed E-state index contributed by atoms with van der Waals surface area (Å²) in [5.74, 6) is 0.205. The van der Waals surface area contributed by atoms with Crippen LogP contribution in [0.4, 0.5) is 0 Å². The zero-order chi connectivity index (χ0) is 18.4. The van der Waals surface area contributed by atoms with Crippen molar-refractivity contribution in [2.75, 3.05) is 20.1 Å². The Morgan fingerprint density at radius 1 is 1.33 bits per heavy atom. The lowest BCUT2D eigenvalue weighted by atomic mass is 9.71. The molecule has 0 aromatic heterocycles. The largest absolute Gasteiger partial charge is 0.337 e. The van der Waals surface area contributed by atoms with Gasteiger partial charge in [-0.05, 0) is 49.6 Å². The van der Waals surface area contributed by atoms with Crippen LogP contribution >= 0.6 is 0 Å². The molecule has 1 rings (SSSR count). The molecule has 0 aliphatic carbocycles. The minimum atomic E-state index is -0.123. The lowest BCUT2D eigenvalue weighted by Gasteiger charge is -2.35. The van der Waals surface area contributed by atoms with Crippen LogP contribution in [0.1, 0.15) is 53.9 Å². The summed E-state index contributed by atoms with van der Waals surface area (Å²) in [7, 11) is 1.89. The van der Waals surface area contributed by atoms with Gasteiger partial charge in [-0.25, -0.2) is 0 Å². The van der Waals surface area contributed by atoms with Gasteiger partial charge in [-0.15, -0.1) is 0 Å². The predicted octanol–water partition coefficient (Wildman–Crippen LogP) is 4.33. The molecule has 0 bridgehead atoms. The van der Waals surface area contributed by atoms with E-state index in [1.807, 2.05) is 43.2 Å². The third-order valence-electron chi connectivity index (χ3n) is 4.87. The topological polar surface area (TPSA) is 32.3 Å². The van der Waals surface area contributed by atoms with Gasteiger partial charge in [-0.2, -0.15) is 0 Å². The number of allylic oxidation sites excluding steroid dienone is 3. The zero-order valence-corrected chi connectivity index (χ0v) is 16.5. The van der Waals surface area contributed by atoms with E-state index in [-0.39, 0.29) is 22.8 Å². The number of hydrogen-bond donors (Lipinski definition) is 1. The second-order valence-electron chi connectivity index (χ2n) is 8.53. The van der Waals surface area contributed by atoms with E-state index >= 15 is 0 Å². The van der Waals surface area contributed by atoms with Crippen molar-refractivity contribution >= 4 is 5.91 Å². The van der Waals surface area contributed by atoms with Crippen LogP contribution in [0.5, 0.6) is 0 Å². The average Bonchev–Trinajstić information content (AvgIpc) is 2.52. The van der Waals surface area contributed by atoms with Crippen molar-refractivity contribution in [2.24, 2.45) is 10.8 Å². The molecule has 1 aliphatic heterocycles. The van der Waals surface area contributed by atoms with Gasteiger partial charge in [-0.3, -0.25) is 4.79 Å². The fourth-order valence-corrected chi connectivity index (χ4v) is 3.87. The van der Waals surface area contributed by atoms with E-state index in [0.717, 1.165) is 31.4 Å².